The zero-order valence-electron chi connectivity index (χ0n) is 12.0. The van der Waals surface area contributed by atoms with Crippen LogP contribution < -0.4 is 4.90 Å². The van der Waals surface area contributed by atoms with Gasteiger partial charge in [0.15, 0.2) is 0 Å². The first kappa shape index (κ1) is 13.5. The number of nitrogens with zero attached hydrogens (tertiary/aromatic N) is 4. The van der Waals surface area contributed by atoms with Crippen molar-refractivity contribution in [2.24, 2.45) is 0 Å². The van der Waals surface area contributed by atoms with Crippen LogP contribution in [0.3, 0.4) is 0 Å². The minimum atomic E-state index is 0.662. The molecule has 0 N–H and O–H groups in total. The van der Waals surface area contributed by atoms with Crippen molar-refractivity contribution < 1.29 is 4.42 Å². The van der Waals surface area contributed by atoms with Gasteiger partial charge < -0.3 is 9.32 Å². The van der Waals surface area contributed by atoms with Crippen LogP contribution in [0.25, 0.3) is 0 Å². The van der Waals surface area contributed by atoms with Gasteiger partial charge in [-0.2, -0.15) is 5.10 Å². The monoisotopic (exact) mass is 260 g/mol. The van der Waals surface area contributed by atoms with Crippen molar-refractivity contribution in [3.63, 3.8) is 0 Å². The molecule has 19 heavy (non-hydrogen) atoms. The predicted molar refractivity (Wildman–Crippen MR) is 74.1 cm³/mol. The molecule has 2 aromatic rings. The minimum absolute atomic E-state index is 0.662. The van der Waals surface area contributed by atoms with Gasteiger partial charge in [0.25, 0.3) is 0 Å². The largest absolute Gasteiger partial charge is 0.469 e. The number of rotatable bonds is 5. The molecule has 0 aliphatic heterocycles. The van der Waals surface area contributed by atoms with Gasteiger partial charge in [-0.15, -0.1) is 5.10 Å². The van der Waals surface area contributed by atoms with Gasteiger partial charge in [0, 0.05) is 19.2 Å². The third kappa shape index (κ3) is 2.92. The second-order valence-electron chi connectivity index (χ2n) is 4.57. The van der Waals surface area contributed by atoms with Crippen molar-refractivity contribution in [1.29, 1.82) is 0 Å². The highest BCUT2D eigenvalue weighted by atomic mass is 16.3. The van der Waals surface area contributed by atoms with E-state index in [-0.39, 0.29) is 0 Å². The summed E-state index contributed by atoms with van der Waals surface area (Å²) in [6, 6.07) is 1.97. The number of furan rings is 1. The molecule has 0 fully saturated rings. The Morgan fingerprint density at radius 3 is 2.47 bits per heavy atom. The summed E-state index contributed by atoms with van der Waals surface area (Å²) in [4.78, 5) is 6.58. The molecule has 0 amide bonds. The molecule has 0 aliphatic carbocycles. The second kappa shape index (κ2) is 5.82. The van der Waals surface area contributed by atoms with E-state index in [1.807, 2.05) is 24.9 Å². The number of anilines is 1. The number of aromatic nitrogens is 3. The lowest BCUT2D eigenvalue weighted by Crippen LogP contribution is -2.21. The van der Waals surface area contributed by atoms with E-state index in [0.29, 0.717) is 5.95 Å². The quantitative estimate of drug-likeness (QED) is 0.827. The molecule has 5 heteroatoms. The summed E-state index contributed by atoms with van der Waals surface area (Å²) in [5.41, 5.74) is 3.16. The fourth-order valence-electron chi connectivity index (χ4n) is 1.99. The molecule has 0 spiro atoms. The second-order valence-corrected chi connectivity index (χ2v) is 4.57. The number of hydrogen-bond donors (Lipinski definition) is 0. The molecule has 2 aromatic heterocycles. The van der Waals surface area contributed by atoms with E-state index in [4.69, 9.17) is 4.42 Å². The van der Waals surface area contributed by atoms with Crippen LogP contribution in [0, 0.1) is 6.92 Å². The Balaban J connectivity index is 2.19. The Labute approximate surface area is 113 Å². The molecule has 5 nitrogen and oxygen atoms in total. The summed E-state index contributed by atoms with van der Waals surface area (Å²) < 4.78 is 5.30. The van der Waals surface area contributed by atoms with Gasteiger partial charge in [-0.25, -0.2) is 4.98 Å². The Bertz CT molecular complexity index is 550. The third-order valence-electron chi connectivity index (χ3n) is 3.21. The van der Waals surface area contributed by atoms with E-state index in [2.05, 4.69) is 29.0 Å². The molecule has 0 aromatic carbocycles. The molecule has 2 heterocycles. The van der Waals surface area contributed by atoms with Crippen LogP contribution in [0.5, 0.6) is 0 Å². The lowest BCUT2D eigenvalue weighted by Gasteiger charge is -2.17. The molecule has 0 saturated heterocycles. The van der Waals surface area contributed by atoms with Crippen molar-refractivity contribution in [2.45, 2.75) is 40.2 Å². The van der Waals surface area contributed by atoms with E-state index < -0.39 is 0 Å². The van der Waals surface area contributed by atoms with Crippen LogP contribution in [0.2, 0.25) is 0 Å². The van der Waals surface area contributed by atoms with Gasteiger partial charge in [0.2, 0.25) is 5.95 Å². The van der Waals surface area contributed by atoms with Crippen LogP contribution in [0.4, 0.5) is 5.95 Å². The topological polar surface area (TPSA) is 55.1 Å². The first-order valence-electron chi connectivity index (χ1n) is 6.62. The summed E-state index contributed by atoms with van der Waals surface area (Å²) >= 11 is 0. The Morgan fingerprint density at radius 2 is 1.89 bits per heavy atom. The average molecular weight is 260 g/mol. The Kier molecular flexibility index (Phi) is 4.14. The lowest BCUT2D eigenvalue weighted by molar-refractivity contribution is 0.529. The summed E-state index contributed by atoms with van der Waals surface area (Å²) in [6.45, 7) is 6.84. The molecule has 0 aliphatic rings. The molecule has 0 unspecified atom stereocenters. The van der Waals surface area contributed by atoms with Gasteiger partial charge in [0.1, 0.15) is 5.76 Å². The first-order valence-corrected chi connectivity index (χ1v) is 6.62. The SMILES string of the molecule is CCc1nnc(N(C)Cc2ccoc2C)nc1CC. The van der Waals surface area contributed by atoms with Crippen molar-refractivity contribution in [1.82, 2.24) is 15.2 Å². The van der Waals surface area contributed by atoms with Gasteiger partial charge in [-0.1, -0.05) is 13.8 Å². The fourth-order valence-corrected chi connectivity index (χ4v) is 1.99. The van der Waals surface area contributed by atoms with Gasteiger partial charge in [-0.3, -0.25) is 0 Å². The summed E-state index contributed by atoms with van der Waals surface area (Å²) in [7, 11) is 1.97. The Hall–Kier alpha value is -1.91. The molecule has 2 rings (SSSR count). The van der Waals surface area contributed by atoms with E-state index in [1.54, 1.807) is 6.26 Å². The summed E-state index contributed by atoms with van der Waals surface area (Å²) in [5.74, 6) is 1.59. The van der Waals surface area contributed by atoms with Gasteiger partial charge in [-0.05, 0) is 25.8 Å². The van der Waals surface area contributed by atoms with E-state index in [9.17, 15) is 0 Å². The fraction of sp³-hybridized carbons (Fsp3) is 0.500. The molecule has 0 saturated carbocycles. The minimum Gasteiger partial charge on any atom is -0.469 e. The molecule has 102 valence electrons. The van der Waals surface area contributed by atoms with E-state index in [1.165, 1.54) is 0 Å². The van der Waals surface area contributed by atoms with Gasteiger partial charge >= 0.3 is 0 Å². The highest BCUT2D eigenvalue weighted by Crippen LogP contribution is 2.15. The molecular weight excluding hydrogens is 240 g/mol. The standard InChI is InChI=1S/C14H20N4O/c1-5-12-13(6-2)16-17-14(15-12)18(4)9-11-7-8-19-10(11)3/h7-8H,5-6,9H2,1-4H3. The Morgan fingerprint density at radius 1 is 1.16 bits per heavy atom. The van der Waals surface area contributed by atoms with Crippen LogP contribution in [-0.2, 0) is 19.4 Å². The molecule has 0 bridgehead atoms. The molecule has 0 radical (unpaired) electrons. The maximum absolute atomic E-state index is 5.30. The number of hydrogen-bond acceptors (Lipinski definition) is 5. The zero-order valence-corrected chi connectivity index (χ0v) is 12.0. The summed E-state index contributed by atoms with van der Waals surface area (Å²) in [5, 5.41) is 8.47. The number of aryl methyl sites for hydroxylation is 3. The normalized spacial score (nSPS) is 10.7. The maximum atomic E-state index is 5.30. The van der Waals surface area contributed by atoms with Crippen molar-refractivity contribution in [2.75, 3.05) is 11.9 Å². The van der Waals surface area contributed by atoms with Crippen LogP contribution in [-0.4, -0.2) is 22.2 Å². The highest BCUT2D eigenvalue weighted by molar-refractivity contribution is 5.32. The third-order valence-corrected chi connectivity index (χ3v) is 3.21. The summed E-state index contributed by atoms with van der Waals surface area (Å²) in [6.07, 6.45) is 3.45. The first-order chi connectivity index (χ1) is 9.15. The van der Waals surface area contributed by atoms with E-state index in [0.717, 1.165) is 42.1 Å². The lowest BCUT2D eigenvalue weighted by atomic mass is 10.2. The molecular formula is C14H20N4O. The average Bonchev–Trinajstić information content (AvgIpc) is 2.83. The zero-order chi connectivity index (χ0) is 13.8. The highest BCUT2D eigenvalue weighted by Gasteiger charge is 2.12. The smallest absolute Gasteiger partial charge is 0.245 e. The van der Waals surface area contributed by atoms with Crippen molar-refractivity contribution >= 4 is 5.95 Å². The van der Waals surface area contributed by atoms with E-state index >= 15 is 0 Å². The van der Waals surface area contributed by atoms with Gasteiger partial charge in [0.05, 0.1) is 17.7 Å². The van der Waals surface area contributed by atoms with Crippen LogP contribution in [0.1, 0.15) is 36.6 Å². The molecule has 0 atom stereocenters. The van der Waals surface area contributed by atoms with Crippen molar-refractivity contribution in [3.8, 4) is 0 Å². The van der Waals surface area contributed by atoms with Crippen LogP contribution in [0.15, 0.2) is 16.7 Å². The predicted octanol–water partition coefficient (Wildman–Crippen LogP) is 2.53. The van der Waals surface area contributed by atoms with Crippen LogP contribution >= 0.6 is 0 Å². The maximum Gasteiger partial charge on any atom is 0.245 e. The van der Waals surface area contributed by atoms with Crippen molar-refractivity contribution in [3.05, 3.63) is 35.0 Å².